The van der Waals surface area contributed by atoms with Gasteiger partial charge in [0, 0.05) is 9.92 Å². The molecule has 154 valence electrons. The van der Waals surface area contributed by atoms with Gasteiger partial charge in [-0.1, -0.05) is 41.9 Å². The molecular weight excluding hydrogens is 420 g/mol. The quantitative estimate of drug-likeness (QED) is 0.283. The summed E-state index contributed by atoms with van der Waals surface area (Å²) in [5, 5.41) is 4.68. The van der Waals surface area contributed by atoms with Gasteiger partial charge < -0.3 is 9.47 Å². The summed E-state index contributed by atoms with van der Waals surface area (Å²) in [6.45, 7) is 0.450. The minimum atomic E-state index is -0.194. The highest BCUT2D eigenvalue weighted by atomic mass is 35.5. The standard InChI is InChI=1S/C23H21ClN2O3S/c1-28-22-13-18(7-12-21(22)29-15-17-5-3-2-4-6-17)14-25-26-23(27)16-30-20-10-8-19(24)9-11-20/h2-14H,15-16H2,1H3,(H,26,27)/b25-14-. The van der Waals surface area contributed by atoms with Gasteiger partial charge in [-0.3, -0.25) is 4.79 Å². The Kier molecular flexibility index (Phi) is 8.18. The number of nitrogens with zero attached hydrogens (tertiary/aromatic N) is 1. The highest BCUT2D eigenvalue weighted by molar-refractivity contribution is 8.00. The SMILES string of the molecule is COc1cc(/C=N\NC(=O)CSc2ccc(Cl)cc2)ccc1OCc1ccccc1. The lowest BCUT2D eigenvalue weighted by atomic mass is 10.2. The van der Waals surface area contributed by atoms with Crippen LogP contribution in [-0.2, 0) is 11.4 Å². The minimum Gasteiger partial charge on any atom is -0.493 e. The van der Waals surface area contributed by atoms with Crippen LogP contribution in [0.3, 0.4) is 0 Å². The van der Waals surface area contributed by atoms with E-state index in [0.717, 1.165) is 16.0 Å². The number of amides is 1. The van der Waals surface area contributed by atoms with Gasteiger partial charge in [0.05, 0.1) is 19.1 Å². The second-order valence-corrected chi connectivity index (χ2v) is 7.71. The van der Waals surface area contributed by atoms with E-state index >= 15 is 0 Å². The number of thioether (sulfide) groups is 1. The summed E-state index contributed by atoms with van der Waals surface area (Å²) >= 11 is 7.27. The highest BCUT2D eigenvalue weighted by Crippen LogP contribution is 2.28. The van der Waals surface area contributed by atoms with E-state index in [0.29, 0.717) is 23.1 Å². The number of hydrogen-bond donors (Lipinski definition) is 1. The van der Waals surface area contributed by atoms with Gasteiger partial charge in [0.2, 0.25) is 5.91 Å². The van der Waals surface area contributed by atoms with Crippen LogP contribution in [0.4, 0.5) is 0 Å². The molecule has 3 rings (SSSR count). The molecule has 1 amide bonds. The van der Waals surface area contributed by atoms with E-state index in [2.05, 4.69) is 10.5 Å². The summed E-state index contributed by atoms with van der Waals surface area (Å²) in [4.78, 5) is 12.9. The molecular formula is C23H21ClN2O3S. The second-order valence-electron chi connectivity index (χ2n) is 6.22. The van der Waals surface area contributed by atoms with Crippen LogP contribution in [0.25, 0.3) is 0 Å². The van der Waals surface area contributed by atoms with Crippen LogP contribution in [0.1, 0.15) is 11.1 Å². The maximum absolute atomic E-state index is 12.0. The van der Waals surface area contributed by atoms with Crippen molar-refractivity contribution in [2.24, 2.45) is 5.10 Å². The predicted molar refractivity (Wildman–Crippen MR) is 122 cm³/mol. The molecule has 0 heterocycles. The Morgan fingerprint density at radius 3 is 2.57 bits per heavy atom. The number of carbonyl (C=O) groups excluding carboxylic acids is 1. The van der Waals surface area contributed by atoms with Gasteiger partial charge in [-0.25, -0.2) is 5.43 Å². The number of hydrogen-bond acceptors (Lipinski definition) is 5. The lowest BCUT2D eigenvalue weighted by Crippen LogP contribution is -2.19. The summed E-state index contributed by atoms with van der Waals surface area (Å²) in [7, 11) is 1.58. The normalized spacial score (nSPS) is 10.7. The zero-order chi connectivity index (χ0) is 21.2. The molecule has 3 aromatic rings. The zero-order valence-corrected chi connectivity index (χ0v) is 18.0. The smallest absolute Gasteiger partial charge is 0.250 e. The van der Waals surface area contributed by atoms with Gasteiger partial charge in [-0.05, 0) is 53.6 Å². The molecule has 0 unspecified atom stereocenters. The van der Waals surface area contributed by atoms with Crippen LogP contribution in [0.5, 0.6) is 11.5 Å². The summed E-state index contributed by atoms with van der Waals surface area (Å²) in [6, 6.07) is 22.7. The Labute approximate surface area is 185 Å². The van der Waals surface area contributed by atoms with E-state index in [1.807, 2.05) is 54.6 Å². The molecule has 0 saturated heterocycles. The molecule has 7 heteroatoms. The van der Waals surface area contributed by atoms with Crippen molar-refractivity contribution in [2.75, 3.05) is 12.9 Å². The summed E-state index contributed by atoms with van der Waals surface area (Å²) in [6.07, 6.45) is 1.56. The average Bonchev–Trinajstić information content (AvgIpc) is 2.78. The van der Waals surface area contributed by atoms with E-state index in [1.165, 1.54) is 11.8 Å². The fraction of sp³-hybridized carbons (Fsp3) is 0.130. The Hall–Kier alpha value is -2.96. The van der Waals surface area contributed by atoms with Crippen LogP contribution >= 0.6 is 23.4 Å². The molecule has 5 nitrogen and oxygen atoms in total. The zero-order valence-electron chi connectivity index (χ0n) is 16.4. The summed E-state index contributed by atoms with van der Waals surface area (Å²) < 4.78 is 11.3. The van der Waals surface area contributed by atoms with E-state index in [4.69, 9.17) is 21.1 Å². The number of rotatable bonds is 9. The number of nitrogens with one attached hydrogen (secondary N) is 1. The third kappa shape index (κ3) is 6.83. The topological polar surface area (TPSA) is 59.9 Å². The molecule has 0 spiro atoms. The number of hydrazone groups is 1. The monoisotopic (exact) mass is 440 g/mol. The first-order valence-electron chi connectivity index (χ1n) is 9.19. The first-order chi connectivity index (χ1) is 14.6. The van der Waals surface area contributed by atoms with E-state index < -0.39 is 0 Å². The van der Waals surface area contributed by atoms with Gasteiger partial charge in [0.15, 0.2) is 11.5 Å². The third-order valence-corrected chi connectivity index (χ3v) is 5.28. The molecule has 0 aliphatic heterocycles. The number of halogens is 1. The van der Waals surface area contributed by atoms with Crippen molar-refractivity contribution >= 4 is 35.5 Å². The highest BCUT2D eigenvalue weighted by Gasteiger charge is 2.06. The predicted octanol–water partition coefficient (Wildman–Crippen LogP) is 5.17. The van der Waals surface area contributed by atoms with Crippen molar-refractivity contribution in [1.82, 2.24) is 5.43 Å². The Morgan fingerprint density at radius 2 is 1.83 bits per heavy atom. The fourth-order valence-electron chi connectivity index (χ4n) is 2.51. The van der Waals surface area contributed by atoms with Crippen LogP contribution < -0.4 is 14.9 Å². The van der Waals surface area contributed by atoms with Gasteiger partial charge in [-0.15, -0.1) is 11.8 Å². The van der Waals surface area contributed by atoms with Gasteiger partial charge >= 0.3 is 0 Å². The largest absolute Gasteiger partial charge is 0.493 e. The van der Waals surface area contributed by atoms with E-state index in [1.54, 1.807) is 31.5 Å². The van der Waals surface area contributed by atoms with Crippen LogP contribution in [0.15, 0.2) is 82.8 Å². The average molecular weight is 441 g/mol. The van der Waals surface area contributed by atoms with Crippen molar-refractivity contribution in [3.63, 3.8) is 0 Å². The molecule has 1 N–H and O–H groups in total. The maximum Gasteiger partial charge on any atom is 0.250 e. The molecule has 0 aliphatic carbocycles. The van der Waals surface area contributed by atoms with Crippen LogP contribution in [0.2, 0.25) is 5.02 Å². The fourth-order valence-corrected chi connectivity index (χ4v) is 3.33. The summed E-state index contributed by atoms with van der Waals surface area (Å²) in [5.74, 6) is 1.30. The lowest BCUT2D eigenvalue weighted by molar-refractivity contribution is -0.118. The number of benzene rings is 3. The van der Waals surface area contributed by atoms with E-state index in [9.17, 15) is 4.79 Å². The van der Waals surface area contributed by atoms with Crippen molar-refractivity contribution in [3.8, 4) is 11.5 Å². The first kappa shape index (κ1) is 21.7. The van der Waals surface area contributed by atoms with Crippen molar-refractivity contribution in [3.05, 3.63) is 88.9 Å². The van der Waals surface area contributed by atoms with Gasteiger partial charge in [-0.2, -0.15) is 5.10 Å². The molecule has 30 heavy (non-hydrogen) atoms. The van der Waals surface area contributed by atoms with Gasteiger partial charge in [0.25, 0.3) is 0 Å². The molecule has 0 atom stereocenters. The number of carbonyl (C=O) groups is 1. The lowest BCUT2D eigenvalue weighted by Gasteiger charge is -2.11. The molecule has 0 aromatic heterocycles. The molecule has 0 saturated carbocycles. The second kappa shape index (κ2) is 11.3. The molecule has 0 fully saturated rings. The first-order valence-corrected chi connectivity index (χ1v) is 10.6. The Morgan fingerprint density at radius 1 is 1.07 bits per heavy atom. The minimum absolute atomic E-state index is 0.194. The van der Waals surface area contributed by atoms with Crippen molar-refractivity contribution in [2.45, 2.75) is 11.5 Å². The maximum atomic E-state index is 12.0. The third-order valence-electron chi connectivity index (χ3n) is 4.01. The van der Waals surface area contributed by atoms with Crippen LogP contribution in [-0.4, -0.2) is 25.0 Å². The van der Waals surface area contributed by atoms with E-state index in [-0.39, 0.29) is 11.7 Å². The Bertz CT molecular complexity index is 995. The molecule has 3 aromatic carbocycles. The van der Waals surface area contributed by atoms with Crippen molar-refractivity contribution < 1.29 is 14.3 Å². The molecule has 0 aliphatic rings. The Balaban J connectivity index is 1.50. The molecule has 0 radical (unpaired) electrons. The van der Waals surface area contributed by atoms with Crippen molar-refractivity contribution in [1.29, 1.82) is 0 Å². The van der Waals surface area contributed by atoms with Crippen LogP contribution in [0, 0.1) is 0 Å². The number of methoxy groups -OCH3 is 1. The van der Waals surface area contributed by atoms with Gasteiger partial charge in [0.1, 0.15) is 6.61 Å². The summed E-state index contributed by atoms with van der Waals surface area (Å²) in [5.41, 5.74) is 4.38. The number of ether oxygens (including phenoxy) is 2. The molecule has 0 bridgehead atoms.